The third kappa shape index (κ3) is 2.79. The number of aliphatic hydroxyl groups excluding tert-OH is 1. The largest absolute Gasteiger partial charge is 0.464 e. The van der Waals surface area contributed by atoms with Crippen LogP contribution in [0.15, 0.2) is 51.5 Å². The maximum absolute atomic E-state index is 13.6. The normalized spacial score (nSPS) is 12.6. The Morgan fingerprint density at radius 1 is 1.12 bits per heavy atom. The first-order valence-corrected chi connectivity index (χ1v) is 7.89. The van der Waals surface area contributed by atoms with E-state index in [4.69, 9.17) is 20.4 Å². The molecule has 0 radical (unpaired) electrons. The first-order chi connectivity index (χ1) is 12.0. The van der Waals surface area contributed by atoms with E-state index in [1.54, 1.807) is 25.1 Å². The van der Waals surface area contributed by atoms with Crippen molar-refractivity contribution in [2.75, 3.05) is 0 Å². The Bertz CT molecular complexity index is 1070. The molecule has 7 heteroatoms. The lowest BCUT2D eigenvalue weighted by atomic mass is 10.0. The van der Waals surface area contributed by atoms with Gasteiger partial charge in [0.05, 0.1) is 6.26 Å². The van der Waals surface area contributed by atoms with Crippen LogP contribution in [0.25, 0.3) is 33.6 Å². The fourth-order valence-electron chi connectivity index (χ4n) is 2.59. The Morgan fingerprint density at radius 2 is 1.96 bits per heavy atom. The molecule has 4 aromatic rings. The standard InChI is InChI=1S/C18H12ClFN2O3/c1-9(23)17-21-22-18(25-17)10-2-5-16-13(6-10)14(8-24-16)12-7-11(20)3-4-15(12)19/h2-9,23H,1H3/t9-/m0/s1. The molecule has 0 saturated heterocycles. The first-order valence-electron chi connectivity index (χ1n) is 7.51. The van der Waals surface area contributed by atoms with E-state index in [1.165, 1.54) is 24.5 Å². The summed E-state index contributed by atoms with van der Waals surface area (Å²) in [6.45, 7) is 1.54. The molecule has 0 bridgehead atoms. The average molecular weight is 359 g/mol. The van der Waals surface area contributed by atoms with Crippen molar-refractivity contribution in [3.63, 3.8) is 0 Å². The molecule has 25 heavy (non-hydrogen) atoms. The molecule has 0 spiro atoms. The zero-order valence-electron chi connectivity index (χ0n) is 13.0. The number of furan rings is 1. The summed E-state index contributed by atoms with van der Waals surface area (Å²) in [5.74, 6) is 0.0226. The second-order valence-corrected chi connectivity index (χ2v) is 6.01. The van der Waals surface area contributed by atoms with Crippen LogP contribution in [-0.2, 0) is 0 Å². The predicted octanol–water partition coefficient (Wildman–Crippen LogP) is 5.00. The van der Waals surface area contributed by atoms with Crippen LogP contribution < -0.4 is 0 Å². The molecular weight excluding hydrogens is 347 g/mol. The van der Waals surface area contributed by atoms with E-state index >= 15 is 0 Å². The maximum atomic E-state index is 13.6. The highest BCUT2D eigenvalue weighted by Gasteiger charge is 2.16. The van der Waals surface area contributed by atoms with Crippen molar-refractivity contribution in [2.45, 2.75) is 13.0 Å². The number of fused-ring (bicyclic) bond motifs is 1. The molecule has 0 unspecified atom stereocenters. The number of nitrogens with zero attached hydrogens (tertiary/aromatic N) is 2. The van der Waals surface area contributed by atoms with E-state index < -0.39 is 6.10 Å². The molecule has 0 aliphatic rings. The minimum absolute atomic E-state index is 0.135. The van der Waals surface area contributed by atoms with Gasteiger partial charge in [-0.1, -0.05) is 11.6 Å². The van der Waals surface area contributed by atoms with E-state index in [9.17, 15) is 9.50 Å². The molecule has 1 N–H and O–H groups in total. The Labute approximate surface area is 146 Å². The fourth-order valence-corrected chi connectivity index (χ4v) is 2.81. The number of hydrogen-bond donors (Lipinski definition) is 1. The summed E-state index contributed by atoms with van der Waals surface area (Å²) in [5, 5.41) is 18.4. The van der Waals surface area contributed by atoms with E-state index in [-0.39, 0.29) is 17.6 Å². The zero-order valence-corrected chi connectivity index (χ0v) is 13.8. The van der Waals surface area contributed by atoms with Gasteiger partial charge in [0.15, 0.2) is 0 Å². The summed E-state index contributed by atoms with van der Waals surface area (Å²) in [6.07, 6.45) is 0.685. The van der Waals surface area contributed by atoms with Crippen LogP contribution in [0.3, 0.4) is 0 Å². The summed E-state index contributed by atoms with van der Waals surface area (Å²) in [6, 6.07) is 9.49. The summed E-state index contributed by atoms with van der Waals surface area (Å²) >= 11 is 6.21. The van der Waals surface area contributed by atoms with Crippen LogP contribution in [0, 0.1) is 5.82 Å². The fraction of sp³-hybridized carbons (Fsp3) is 0.111. The molecule has 126 valence electrons. The van der Waals surface area contributed by atoms with E-state index in [1.807, 2.05) is 0 Å². The highest BCUT2D eigenvalue weighted by atomic mass is 35.5. The monoisotopic (exact) mass is 358 g/mol. The number of rotatable bonds is 3. The summed E-state index contributed by atoms with van der Waals surface area (Å²) in [7, 11) is 0. The van der Waals surface area contributed by atoms with Crippen LogP contribution in [0.2, 0.25) is 5.02 Å². The third-order valence-corrected chi connectivity index (χ3v) is 4.17. The number of benzene rings is 2. The Morgan fingerprint density at radius 3 is 2.72 bits per heavy atom. The molecule has 0 aliphatic heterocycles. The van der Waals surface area contributed by atoms with Crippen LogP contribution in [0.5, 0.6) is 0 Å². The first kappa shape index (κ1) is 15.8. The molecule has 4 rings (SSSR count). The molecule has 1 atom stereocenters. The molecule has 5 nitrogen and oxygen atoms in total. The van der Waals surface area contributed by atoms with Gasteiger partial charge in [-0.05, 0) is 43.3 Å². The average Bonchev–Trinajstić information content (AvgIpc) is 3.23. The van der Waals surface area contributed by atoms with Gasteiger partial charge in [0.25, 0.3) is 0 Å². The van der Waals surface area contributed by atoms with Gasteiger partial charge in [-0.3, -0.25) is 0 Å². The smallest absolute Gasteiger partial charge is 0.247 e. The summed E-state index contributed by atoms with van der Waals surface area (Å²) < 4.78 is 24.6. The Kier molecular flexibility index (Phi) is 3.78. The minimum atomic E-state index is -0.847. The summed E-state index contributed by atoms with van der Waals surface area (Å²) in [4.78, 5) is 0. The lowest BCUT2D eigenvalue weighted by Gasteiger charge is -2.03. The number of hydrogen-bond acceptors (Lipinski definition) is 5. The van der Waals surface area contributed by atoms with Gasteiger partial charge < -0.3 is 13.9 Å². The van der Waals surface area contributed by atoms with E-state index in [0.717, 1.165) is 5.39 Å². The highest BCUT2D eigenvalue weighted by Crippen LogP contribution is 2.37. The maximum Gasteiger partial charge on any atom is 0.247 e. The quantitative estimate of drug-likeness (QED) is 0.558. The molecule has 0 fully saturated rings. The van der Waals surface area contributed by atoms with Gasteiger partial charge in [-0.25, -0.2) is 4.39 Å². The molecule has 2 aromatic heterocycles. The van der Waals surface area contributed by atoms with Gasteiger partial charge in [0.1, 0.15) is 17.5 Å². The second-order valence-electron chi connectivity index (χ2n) is 5.61. The summed E-state index contributed by atoms with van der Waals surface area (Å²) in [5.41, 5.74) is 2.47. The third-order valence-electron chi connectivity index (χ3n) is 3.84. The van der Waals surface area contributed by atoms with Gasteiger partial charge in [0, 0.05) is 27.1 Å². The molecule has 0 amide bonds. The van der Waals surface area contributed by atoms with Gasteiger partial charge in [-0.15, -0.1) is 10.2 Å². The lowest BCUT2D eigenvalue weighted by molar-refractivity contribution is 0.163. The van der Waals surface area contributed by atoms with Gasteiger partial charge >= 0.3 is 0 Å². The van der Waals surface area contributed by atoms with Crippen molar-refractivity contribution in [3.05, 3.63) is 59.4 Å². The van der Waals surface area contributed by atoms with Crippen molar-refractivity contribution in [1.82, 2.24) is 10.2 Å². The van der Waals surface area contributed by atoms with Crippen molar-refractivity contribution >= 4 is 22.6 Å². The van der Waals surface area contributed by atoms with Gasteiger partial charge in [-0.2, -0.15) is 0 Å². The molecule has 0 saturated carbocycles. The van der Waals surface area contributed by atoms with Crippen LogP contribution in [0.4, 0.5) is 4.39 Å². The molecular formula is C18H12ClFN2O3. The molecule has 0 aliphatic carbocycles. The van der Waals surface area contributed by atoms with Gasteiger partial charge in [0.2, 0.25) is 11.8 Å². The Balaban J connectivity index is 1.86. The highest BCUT2D eigenvalue weighted by molar-refractivity contribution is 6.33. The predicted molar refractivity (Wildman–Crippen MR) is 90.5 cm³/mol. The van der Waals surface area contributed by atoms with Crippen LogP contribution in [0.1, 0.15) is 18.9 Å². The van der Waals surface area contributed by atoms with Crippen LogP contribution in [-0.4, -0.2) is 15.3 Å². The van der Waals surface area contributed by atoms with E-state index in [0.29, 0.717) is 27.3 Å². The number of aromatic nitrogens is 2. The van der Waals surface area contributed by atoms with Crippen molar-refractivity contribution in [3.8, 4) is 22.6 Å². The lowest BCUT2D eigenvalue weighted by Crippen LogP contribution is -1.89. The van der Waals surface area contributed by atoms with Crippen LogP contribution >= 0.6 is 11.6 Å². The van der Waals surface area contributed by atoms with Crippen molar-refractivity contribution < 1.29 is 18.3 Å². The topological polar surface area (TPSA) is 72.3 Å². The molecule has 2 heterocycles. The zero-order chi connectivity index (χ0) is 17.6. The molecule has 2 aromatic carbocycles. The van der Waals surface area contributed by atoms with Crippen molar-refractivity contribution in [2.24, 2.45) is 0 Å². The SMILES string of the molecule is C[C@H](O)c1nnc(-c2ccc3occ(-c4cc(F)ccc4Cl)c3c2)o1. The van der Waals surface area contributed by atoms with E-state index in [2.05, 4.69) is 10.2 Å². The number of halogens is 2. The minimum Gasteiger partial charge on any atom is -0.464 e. The number of aliphatic hydroxyl groups is 1. The Hall–Kier alpha value is -2.70. The second kappa shape index (κ2) is 5.98. The van der Waals surface area contributed by atoms with Crippen molar-refractivity contribution in [1.29, 1.82) is 0 Å².